The minimum absolute atomic E-state index is 0.00535. The Morgan fingerprint density at radius 2 is 1.95 bits per heavy atom. The first-order chi connectivity index (χ1) is 9.95. The van der Waals surface area contributed by atoms with E-state index in [-0.39, 0.29) is 24.5 Å². The van der Waals surface area contributed by atoms with Crippen molar-refractivity contribution in [2.24, 2.45) is 0 Å². The largest absolute Gasteiger partial charge is 0.465 e. The predicted molar refractivity (Wildman–Crippen MR) is 82.7 cm³/mol. The number of rotatable bonds is 7. The maximum Gasteiger partial charge on any atom is 0.325 e. The van der Waals surface area contributed by atoms with E-state index in [0.29, 0.717) is 25.1 Å². The van der Waals surface area contributed by atoms with Crippen LogP contribution in [0.25, 0.3) is 0 Å². The number of hydrogen-bond acceptors (Lipinski definition) is 4. The van der Waals surface area contributed by atoms with Gasteiger partial charge in [0.2, 0.25) is 5.91 Å². The Morgan fingerprint density at radius 1 is 1.29 bits per heavy atom. The van der Waals surface area contributed by atoms with E-state index in [1.54, 1.807) is 6.92 Å². The van der Waals surface area contributed by atoms with Gasteiger partial charge < -0.3 is 15.4 Å². The third-order valence-corrected chi connectivity index (χ3v) is 3.21. The molecule has 0 aliphatic rings. The first-order valence-electron chi connectivity index (χ1n) is 7.24. The summed E-state index contributed by atoms with van der Waals surface area (Å²) in [5.41, 5.74) is 7.50. The lowest BCUT2D eigenvalue weighted by molar-refractivity contribution is -0.150. The van der Waals surface area contributed by atoms with Crippen molar-refractivity contribution in [1.29, 1.82) is 0 Å². The molecule has 0 atom stereocenters. The predicted octanol–water partition coefficient (Wildman–Crippen LogP) is 2.00. The van der Waals surface area contributed by atoms with Crippen molar-refractivity contribution in [1.82, 2.24) is 4.90 Å². The summed E-state index contributed by atoms with van der Waals surface area (Å²) in [4.78, 5) is 25.4. The molecular weight excluding hydrogens is 268 g/mol. The van der Waals surface area contributed by atoms with Crippen LogP contribution in [0.4, 0.5) is 5.69 Å². The lowest BCUT2D eigenvalue weighted by atomic mass is 10.1. The van der Waals surface area contributed by atoms with Gasteiger partial charge in [0.25, 0.3) is 0 Å². The zero-order chi connectivity index (χ0) is 15.8. The number of ether oxygens (including phenoxy) is 1. The normalized spacial score (nSPS) is 10.5. The van der Waals surface area contributed by atoms with Gasteiger partial charge in [-0.1, -0.05) is 18.2 Å². The van der Waals surface area contributed by atoms with Gasteiger partial charge in [0, 0.05) is 18.2 Å². The molecule has 0 unspecified atom stereocenters. The van der Waals surface area contributed by atoms with Gasteiger partial charge in [0.05, 0.1) is 6.61 Å². The smallest absolute Gasteiger partial charge is 0.325 e. The number of nitrogens with two attached hydrogens (primary N) is 1. The Hall–Kier alpha value is -2.04. The van der Waals surface area contributed by atoms with Gasteiger partial charge in [-0.2, -0.15) is 0 Å². The van der Waals surface area contributed by atoms with Crippen LogP contribution in [0.3, 0.4) is 0 Å². The molecule has 0 aliphatic carbocycles. The molecule has 0 radical (unpaired) electrons. The second-order valence-corrected chi connectivity index (χ2v) is 5.12. The van der Waals surface area contributed by atoms with Crippen LogP contribution in [0.1, 0.15) is 32.8 Å². The molecule has 21 heavy (non-hydrogen) atoms. The van der Waals surface area contributed by atoms with Crippen molar-refractivity contribution in [2.75, 3.05) is 18.9 Å². The monoisotopic (exact) mass is 292 g/mol. The number of para-hydroxylation sites is 1. The molecule has 116 valence electrons. The standard InChI is InChI=1S/C16H24N2O3/c1-4-21-16(20)11-18(12(2)3)15(19)10-9-13-7-5-6-8-14(13)17/h5-8,12H,4,9-11,17H2,1-3H3. The SMILES string of the molecule is CCOC(=O)CN(C(=O)CCc1ccccc1N)C(C)C. The number of nitrogen functional groups attached to an aromatic ring is 1. The third kappa shape index (κ3) is 5.45. The van der Waals surface area contributed by atoms with Crippen molar-refractivity contribution in [3.05, 3.63) is 29.8 Å². The lowest BCUT2D eigenvalue weighted by Crippen LogP contribution is -2.41. The van der Waals surface area contributed by atoms with Crippen molar-refractivity contribution in [2.45, 2.75) is 39.7 Å². The number of anilines is 1. The highest BCUT2D eigenvalue weighted by Crippen LogP contribution is 2.14. The van der Waals surface area contributed by atoms with Crippen LogP contribution in [0.15, 0.2) is 24.3 Å². The van der Waals surface area contributed by atoms with E-state index in [2.05, 4.69) is 0 Å². The van der Waals surface area contributed by atoms with Crippen LogP contribution in [0.5, 0.6) is 0 Å². The molecule has 0 spiro atoms. The van der Waals surface area contributed by atoms with E-state index in [4.69, 9.17) is 10.5 Å². The van der Waals surface area contributed by atoms with Gasteiger partial charge in [0.15, 0.2) is 0 Å². The minimum Gasteiger partial charge on any atom is -0.465 e. The molecular formula is C16H24N2O3. The van der Waals surface area contributed by atoms with Crippen LogP contribution in [-0.2, 0) is 20.7 Å². The van der Waals surface area contributed by atoms with Gasteiger partial charge in [-0.05, 0) is 38.8 Å². The summed E-state index contributed by atoms with van der Waals surface area (Å²) < 4.78 is 4.90. The molecule has 0 aromatic heterocycles. The summed E-state index contributed by atoms with van der Waals surface area (Å²) in [5, 5.41) is 0. The highest BCUT2D eigenvalue weighted by molar-refractivity contribution is 5.82. The second-order valence-electron chi connectivity index (χ2n) is 5.12. The Bertz CT molecular complexity index is 486. The maximum atomic E-state index is 12.3. The van der Waals surface area contributed by atoms with Crippen LogP contribution in [0, 0.1) is 0 Å². The molecule has 1 aromatic rings. The molecule has 0 fully saturated rings. The Balaban J connectivity index is 2.61. The zero-order valence-corrected chi connectivity index (χ0v) is 13.0. The number of benzene rings is 1. The number of nitrogens with zero attached hydrogens (tertiary/aromatic N) is 1. The van der Waals surface area contributed by atoms with E-state index >= 15 is 0 Å². The molecule has 0 saturated carbocycles. The fourth-order valence-electron chi connectivity index (χ4n) is 2.05. The molecule has 5 nitrogen and oxygen atoms in total. The Labute approximate surface area is 126 Å². The van der Waals surface area contributed by atoms with Crippen LogP contribution < -0.4 is 5.73 Å². The Morgan fingerprint density at radius 3 is 2.52 bits per heavy atom. The molecule has 0 saturated heterocycles. The van der Waals surface area contributed by atoms with E-state index < -0.39 is 0 Å². The van der Waals surface area contributed by atoms with E-state index in [1.165, 1.54) is 4.90 Å². The van der Waals surface area contributed by atoms with E-state index in [0.717, 1.165) is 5.56 Å². The number of carbonyl (C=O) groups excluding carboxylic acids is 2. The summed E-state index contributed by atoms with van der Waals surface area (Å²) in [6, 6.07) is 7.44. The fourth-order valence-corrected chi connectivity index (χ4v) is 2.05. The van der Waals surface area contributed by atoms with Crippen molar-refractivity contribution >= 4 is 17.6 Å². The maximum absolute atomic E-state index is 12.3. The van der Waals surface area contributed by atoms with Crippen LogP contribution in [0.2, 0.25) is 0 Å². The highest BCUT2D eigenvalue weighted by Gasteiger charge is 2.20. The average molecular weight is 292 g/mol. The average Bonchev–Trinajstić information content (AvgIpc) is 2.43. The van der Waals surface area contributed by atoms with Gasteiger partial charge in [-0.3, -0.25) is 9.59 Å². The quantitative estimate of drug-likeness (QED) is 0.616. The topological polar surface area (TPSA) is 72.6 Å². The molecule has 1 amide bonds. The summed E-state index contributed by atoms with van der Waals surface area (Å²) in [6.07, 6.45) is 0.892. The number of aryl methyl sites for hydroxylation is 1. The molecule has 0 bridgehead atoms. The summed E-state index contributed by atoms with van der Waals surface area (Å²) in [5.74, 6) is -0.444. The van der Waals surface area contributed by atoms with Gasteiger partial charge in [-0.25, -0.2) is 0 Å². The number of amides is 1. The van der Waals surface area contributed by atoms with E-state index in [1.807, 2.05) is 38.1 Å². The third-order valence-electron chi connectivity index (χ3n) is 3.21. The molecule has 0 aliphatic heterocycles. The minimum atomic E-state index is -0.376. The molecule has 0 heterocycles. The van der Waals surface area contributed by atoms with E-state index in [9.17, 15) is 9.59 Å². The first-order valence-corrected chi connectivity index (χ1v) is 7.24. The van der Waals surface area contributed by atoms with Gasteiger partial charge in [0.1, 0.15) is 6.54 Å². The zero-order valence-electron chi connectivity index (χ0n) is 13.0. The van der Waals surface area contributed by atoms with Gasteiger partial charge in [-0.15, -0.1) is 0 Å². The number of esters is 1. The Kier molecular flexibility index (Phi) is 6.72. The van der Waals surface area contributed by atoms with Crippen molar-refractivity contribution in [3.8, 4) is 0 Å². The first kappa shape index (κ1) is 17.0. The molecule has 1 aromatic carbocycles. The molecule has 5 heteroatoms. The van der Waals surface area contributed by atoms with Crippen LogP contribution >= 0.6 is 0 Å². The van der Waals surface area contributed by atoms with Crippen molar-refractivity contribution in [3.63, 3.8) is 0 Å². The lowest BCUT2D eigenvalue weighted by Gasteiger charge is -2.25. The molecule has 1 rings (SSSR count). The van der Waals surface area contributed by atoms with Crippen LogP contribution in [-0.4, -0.2) is 36.0 Å². The fraction of sp³-hybridized carbons (Fsp3) is 0.500. The summed E-state index contributed by atoms with van der Waals surface area (Å²) in [7, 11) is 0. The van der Waals surface area contributed by atoms with Crippen molar-refractivity contribution < 1.29 is 14.3 Å². The molecule has 2 N–H and O–H groups in total. The second kappa shape index (κ2) is 8.29. The number of hydrogen-bond donors (Lipinski definition) is 1. The summed E-state index contributed by atoms with van der Waals surface area (Å²) >= 11 is 0. The highest BCUT2D eigenvalue weighted by atomic mass is 16.5. The summed E-state index contributed by atoms with van der Waals surface area (Å²) in [6.45, 7) is 5.83. The number of carbonyl (C=O) groups is 2. The van der Waals surface area contributed by atoms with Gasteiger partial charge >= 0.3 is 5.97 Å².